The summed E-state index contributed by atoms with van der Waals surface area (Å²) in [6, 6.07) is 9.27. The predicted octanol–water partition coefficient (Wildman–Crippen LogP) is 3.25. The van der Waals surface area contributed by atoms with E-state index in [0.29, 0.717) is 6.54 Å². The van der Waals surface area contributed by atoms with Crippen LogP contribution >= 0.6 is 22.6 Å². The van der Waals surface area contributed by atoms with Crippen LogP contribution in [0, 0.1) is 10.5 Å². The maximum absolute atomic E-state index is 12.0. The third-order valence-corrected chi connectivity index (χ3v) is 3.48. The summed E-state index contributed by atoms with van der Waals surface area (Å²) in [5.74, 6) is 0.737. The minimum Gasteiger partial charge on any atom is -0.361 e. The van der Waals surface area contributed by atoms with E-state index in [1.54, 1.807) is 11.9 Å². The van der Waals surface area contributed by atoms with E-state index in [4.69, 9.17) is 4.52 Å². The summed E-state index contributed by atoms with van der Waals surface area (Å²) in [4.78, 5) is 13.6. The van der Waals surface area contributed by atoms with Crippen LogP contribution in [-0.4, -0.2) is 23.1 Å². The van der Waals surface area contributed by atoms with Crippen LogP contribution in [0.5, 0.6) is 0 Å². The maximum Gasteiger partial charge on any atom is 0.321 e. The van der Waals surface area contributed by atoms with Crippen molar-refractivity contribution in [3.8, 4) is 0 Å². The fraction of sp³-hybridized carbons (Fsp3) is 0.231. The fourth-order valence-corrected chi connectivity index (χ4v) is 2.10. The van der Waals surface area contributed by atoms with E-state index in [9.17, 15) is 4.79 Å². The van der Waals surface area contributed by atoms with Gasteiger partial charge in [0.15, 0.2) is 0 Å². The van der Waals surface area contributed by atoms with E-state index < -0.39 is 0 Å². The van der Waals surface area contributed by atoms with Crippen molar-refractivity contribution >= 4 is 34.3 Å². The number of benzene rings is 1. The molecular formula is C13H14IN3O2. The van der Waals surface area contributed by atoms with Crippen molar-refractivity contribution in [1.82, 2.24) is 10.1 Å². The van der Waals surface area contributed by atoms with Gasteiger partial charge in [-0.25, -0.2) is 4.79 Å². The zero-order chi connectivity index (χ0) is 13.8. The SMILES string of the molecule is Cc1cc(CN(C)C(=O)Nc2ccccc2I)no1. The normalized spacial score (nSPS) is 10.3. The van der Waals surface area contributed by atoms with Gasteiger partial charge in [0.25, 0.3) is 0 Å². The molecule has 2 amide bonds. The Balaban J connectivity index is 1.98. The largest absolute Gasteiger partial charge is 0.361 e. The average Bonchev–Trinajstić information content (AvgIpc) is 2.77. The van der Waals surface area contributed by atoms with Crippen LogP contribution in [0.3, 0.4) is 0 Å². The number of anilines is 1. The summed E-state index contributed by atoms with van der Waals surface area (Å²) < 4.78 is 5.97. The molecule has 0 radical (unpaired) electrons. The number of hydrogen-bond acceptors (Lipinski definition) is 3. The van der Waals surface area contributed by atoms with Gasteiger partial charge in [-0.1, -0.05) is 17.3 Å². The molecule has 5 nitrogen and oxygen atoms in total. The van der Waals surface area contributed by atoms with E-state index in [0.717, 1.165) is 20.7 Å². The van der Waals surface area contributed by atoms with E-state index in [2.05, 4.69) is 33.1 Å². The smallest absolute Gasteiger partial charge is 0.321 e. The zero-order valence-corrected chi connectivity index (χ0v) is 12.8. The number of urea groups is 1. The highest BCUT2D eigenvalue weighted by atomic mass is 127. The van der Waals surface area contributed by atoms with Crippen LogP contribution in [0.25, 0.3) is 0 Å². The molecule has 0 bridgehead atoms. The van der Waals surface area contributed by atoms with Crippen molar-refractivity contribution in [3.63, 3.8) is 0 Å². The van der Waals surface area contributed by atoms with Crippen molar-refractivity contribution in [1.29, 1.82) is 0 Å². The molecule has 1 N–H and O–H groups in total. The highest BCUT2D eigenvalue weighted by Gasteiger charge is 2.12. The molecule has 0 saturated carbocycles. The maximum atomic E-state index is 12.0. The molecule has 0 aliphatic rings. The Morgan fingerprint density at radius 2 is 2.21 bits per heavy atom. The van der Waals surface area contributed by atoms with Crippen molar-refractivity contribution in [2.45, 2.75) is 13.5 Å². The van der Waals surface area contributed by atoms with E-state index in [-0.39, 0.29) is 6.03 Å². The van der Waals surface area contributed by atoms with Gasteiger partial charge in [-0.15, -0.1) is 0 Å². The van der Waals surface area contributed by atoms with Crippen molar-refractivity contribution in [3.05, 3.63) is 45.4 Å². The first-order chi connectivity index (χ1) is 9.06. The highest BCUT2D eigenvalue weighted by molar-refractivity contribution is 14.1. The number of halogens is 1. The van der Waals surface area contributed by atoms with E-state index in [1.165, 1.54) is 0 Å². The number of hydrogen-bond donors (Lipinski definition) is 1. The Morgan fingerprint density at radius 3 is 2.84 bits per heavy atom. The first-order valence-electron chi connectivity index (χ1n) is 5.75. The van der Waals surface area contributed by atoms with Gasteiger partial charge in [0, 0.05) is 16.7 Å². The molecule has 100 valence electrons. The Hall–Kier alpha value is -1.57. The second-order valence-electron chi connectivity index (χ2n) is 4.19. The van der Waals surface area contributed by atoms with E-state index in [1.807, 2.05) is 37.3 Å². The molecule has 0 atom stereocenters. The lowest BCUT2D eigenvalue weighted by Crippen LogP contribution is -2.31. The number of rotatable bonds is 3. The first kappa shape index (κ1) is 13.9. The molecule has 0 unspecified atom stereocenters. The van der Waals surface area contributed by atoms with Gasteiger partial charge in [0.1, 0.15) is 11.5 Å². The lowest BCUT2D eigenvalue weighted by atomic mass is 10.3. The molecule has 0 aliphatic carbocycles. The third kappa shape index (κ3) is 3.69. The number of nitrogens with one attached hydrogen (secondary N) is 1. The standard InChI is InChI=1S/C13H14IN3O2/c1-9-7-10(16-19-9)8-17(2)13(18)15-12-6-4-3-5-11(12)14/h3-7H,8H2,1-2H3,(H,15,18). The summed E-state index contributed by atoms with van der Waals surface area (Å²) in [6.45, 7) is 2.23. The number of carbonyl (C=O) groups is 1. The average molecular weight is 371 g/mol. The van der Waals surface area contributed by atoms with Gasteiger partial charge in [0.2, 0.25) is 0 Å². The zero-order valence-electron chi connectivity index (χ0n) is 10.7. The molecule has 0 saturated heterocycles. The number of aryl methyl sites for hydroxylation is 1. The molecule has 0 fully saturated rings. The van der Waals surface area contributed by atoms with Crippen molar-refractivity contribution < 1.29 is 9.32 Å². The fourth-order valence-electron chi connectivity index (χ4n) is 1.58. The van der Waals surface area contributed by atoms with Gasteiger partial charge in [-0.05, 0) is 41.6 Å². The summed E-state index contributed by atoms with van der Waals surface area (Å²) in [5, 5.41) is 6.72. The number of aromatic nitrogens is 1. The molecular weight excluding hydrogens is 357 g/mol. The number of amides is 2. The third-order valence-electron chi connectivity index (χ3n) is 2.54. The van der Waals surface area contributed by atoms with Gasteiger partial charge >= 0.3 is 6.03 Å². The molecule has 6 heteroatoms. The van der Waals surface area contributed by atoms with Crippen LogP contribution in [0.2, 0.25) is 0 Å². The number of carbonyl (C=O) groups excluding carboxylic acids is 1. The Morgan fingerprint density at radius 1 is 1.47 bits per heavy atom. The summed E-state index contributed by atoms with van der Waals surface area (Å²) in [5.41, 5.74) is 1.54. The first-order valence-corrected chi connectivity index (χ1v) is 6.83. The Labute approximate surface area is 125 Å². The monoisotopic (exact) mass is 371 g/mol. The molecule has 0 aliphatic heterocycles. The molecule has 0 spiro atoms. The molecule has 1 aromatic heterocycles. The molecule has 19 heavy (non-hydrogen) atoms. The number of nitrogens with zero attached hydrogens (tertiary/aromatic N) is 2. The van der Waals surface area contributed by atoms with Gasteiger partial charge in [-0.2, -0.15) is 0 Å². The minimum atomic E-state index is -0.176. The highest BCUT2D eigenvalue weighted by Crippen LogP contribution is 2.17. The van der Waals surface area contributed by atoms with Crippen molar-refractivity contribution in [2.75, 3.05) is 12.4 Å². The topological polar surface area (TPSA) is 58.4 Å². The summed E-state index contributed by atoms with van der Waals surface area (Å²) in [7, 11) is 1.72. The van der Waals surface area contributed by atoms with Crippen LogP contribution in [0.1, 0.15) is 11.5 Å². The van der Waals surface area contributed by atoms with Crippen LogP contribution in [0.15, 0.2) is 34.9 Å². The quantitative estimate of drug-likeness (QED) is 0.843. The molecule has 1 aromatic carbocycles. The predicted molar refractivity (Wildman–Crippen MR) is 80.9 cm³/mol. The summed E-state index contributed by atoms with van der Waals surface area (Å²) in [6.07, 6.45) is 0. The molecule has 2 rings (SSSR count). The molecule has 1 heterocycles. The second-order valence-corrected chi connectivity index (χ2v) is 5.36. The lowest BCUT2D eigenvalue weighted by Gasteiger charge is -2.17. The Bertz CT molecular complexity index is 583. The van der Waals surface area contributed by atoms with Crippen LogP contribution in [-0.2, 0) is 6.54 Å². The lowest BCUT2D eigenvalue weighted by molar-refractivity contribution is 0.219. The Kier molecular flexibility index (Phi) is 4.41. The number of para-hydroxylation sites is 1. The van der Waals surface area contributed by atoms with Crippen LogP contribution < -0.4 is 5.32 Å². The second kappa shape index (κ2) is 6.05. The van der Waals surface area contributed by atoms with Crippen molar-refractivity contribution in [2.24, 2.45) is 0 Å². The van der Waals surface area contributed by atoms with Crippen LogP contribution in [0.4, 0.5) is 10.5 Å². The summed E-state index contributed by atoms with van der Waals surface area (Å²) >= 11 is 2.18. The van der Waals surface area contributed by atoms with Gasteiger partial charge in [0.05, 0.1) is 12.2 Å². The van der Waals surface area contributed by atoms with Gasteiger partial charge < -0.3 is 14.7 Å². The minimum absolute atomic E-state index is 0.176. The van der Waals surface area contributed by atoms with E-state index >= 15 is 0 Å². The molecule has 2 aromatic rings. The van der Waals surface area contributed by atoms with Gasteiger partial charge in [-0.3, -0.25) is 0 Å².